The predicted molar refractivity (Wildman–Crippen MR) is 73.9 cm³/mol. The summed E-state index contributed by atoms with van der Waals surface area (Å²) in [4.78, 5) is 0. The van der Waals surface area contributed by atoms with Crippen molar-refractivity contribution in [2.24, 2.45) is 0 Å². The molecule has 1 heterocycles. The summed E-state index contributed by atoms with van der Waals surface area (Å²) in [6.07, 6.45) is 4.59. The van der Waals surface area contributed by atoms with Crippen LogP contribution in [0.15, 0.2) is 0 Å². The van der Waals surface area contributed by atoms with Gasteiger partial charge < -0.3 is 0 Å². The first-order valence-electron chi connectivity index (χ1n) is 6.35. The van der Waals surface area contributed by atoms with Crippen molar-refractivity contribution in [3.8, 4) is 0 Å². The van der Waals surface area contributed by atoms with Crippen LogP contribution in [0, 0.1) is 0 Å². The molecule has 0 aromatic carbocycles. The molecule has 1 aliphatic rings. The Bertz CT molecular complexity index is 193. The zero-order valence-electron chi connectivity index (χ0n) is 10.8. The molecule has 0 bridgehead atoms. The fourth-order valence-electron chi connectivity index (χ4n) is 2.17. The monoisotopic (exact) mass is 308 g/mol. The second-order valence-corrected chi connectivity index (χ2v) is 17.5. The third-order valence-corrected chi connectivity index (χ3v) is 9.30. The Hall–Kier alpha value is 0.818. The molecule has 1 rings (SSSR count). The summed E-state index contributed by atoms with van der Waals surface area (Å²) in [5.41, 5.74) is 0. The van der Waals surface area contributed by atoms with E-state index in [4.69, 9.17) is 20.9 Å². The molecule has 0 amide bonds. The second-order valence-electron chi connectivity index (χ2n) is 5.62. The average Bonchev–Trinajstić information content (AvgIpc) is 2.24. The van der Waals surface area contributed by atoms with E-state index in [-0.39, 0.29) is 7.12 Å². The first kappa shape index (κ1) is 14.9. The van der Waals surface area contributed by atoms with Gasteiger partial charge in [0.1, 0.15) is 0 Å². The molecule has 1 atom stereocenters. The molecule has 94 valence electrons. The number of alkyl halides is 1. The van der Waals surface area contributed by atoms with Crippen LogP contribution in [0.3, 0.4) is 0 Å². The van der Waals surface area contributed by atoms with Crippen molar-refractivity contribution >= 4 is 32.0 Å². The summed E-state index contributed by atoms with van der Waals surface area (Å²) in [7, 11) is 0.0732. The molecule has 1 unspecified atom stereocenters. The van der Waals surface area contributed by atoms with Crippen molar-refractivity contribution in [2.45, 2.75) is 47.6 Å². The normalized spacial score (nSPS) is 19.9. The van der Waals surface area contributed by atoms with Crippen LogP contribution in [0.5, 0.6) is 0 Å². The summed E-state index contributed by atoms with van der Waals surface area (Å²) in [6.45, 7) is 1.74. The van der Waals surface area contributed by atoms with Crippen LogP contribution in [-0.4, -0.2) is 39.5 Å². The van der Waals surface area contributed by atoms with Crippen molar-refractivity contribution < 1.29 is 9.31 Å². The van der Waals surface area contributed by atoms with Gasteiger partial charge in [0.15, 0.2) is 0 Å². The van der Waals surface area contributed by atoms with Crippen molar-refractivity contribution in [1.82, 2.24) is 0 Å². The number of unbranched alkanes of at least 4 members (excludes halogenated alkanes) is 1. The molecule has 16 heavy (non-hydrogen) atoms. The van der Waals surface area contributed by atoms with Gasteiger partial charge in [-0.1, -0.05) is 0 Å². The molecule has 2 nitrogen and oxygen atoms in total. The summed E-state index contributed by atoms with van der Waals surface area (Å²) >= 11 is 4.01. The molecule has 0 spiro atoms. The Labute approximate surface area is 108 Å². The molecule has 1 aliphatic heterocycles. The minimum atomic E-state index is -1.72. The zero-order valence-corrected chi connectivity index (χ0v) is 13.7. The van der Waals surface area contributed by atoms with E-state index in [0.717, 1.165) is 31.9 Å². The molecule has 0 aromatic rings. The second kappa shape index (κ2) is 7.30. The number of hydrogen-bond donors (Lipinski definition) is 0. The van der Waals surface area contributed by atoms with Crippen LogP contribution in [0.2, 0.25) is 21.9 Å². The van der Waals surface area contributed by atoms with Gasteiger partial charge in [-0.3, -0.25) is 0 Å². The zero-order chi connectivity index (χ0) is 12.0. The molecule has 5 heteroatoms. The summed E-state index contributed by atoms with van der Waals surface area (Å²) in [6, 6.07) is 0. The molecule has 1 fully saturated rings. The molecule has 0 radical (unpaired) electrons. The Morgan fingerprint density at radius 1 is 1.19 bits per heavy atom. The van der Waals surface area contributed by atoms with E-state index in [1.165, 1.54) is 12.8 Å². The molecule has 0 saturated carbocycles. The number of hydrogen-bond acceptors (Lipinski definition) is 2. The summed E-state index contributed by atoms with van der Waals surface area (Å²) in [5, 5.41) is 0. The molecule has 0 aliphatic carbocycles. The van der Waals surface area contributed by atoms with Crippen LogP contribution in [0.4, 0.5) is 0 Å². The van der Waals surface area contributed by atoms with E-state index < -0.39 is 13.3 Å². The fourth-order valence-corrected chi connectivity index (χ4v) is 6.73. The van der Waals surface area contributed by atoms with Crippen LogP contribution < -0.4 is 0 Å². The van der Waals surface area contributed by atoms with Crippen molar-refractivity contribution in [1.29, 1.82) is 0 Å². The maximum atomic E-state index is 5.79. The number of rotatable bonds is 6. The van der Waals surface area contributed by atoms with Crippen LogP contribution in [-0.2, 0) is 9.31 Å². The van der Waals surface area contributed by atoms with Gasteiger partial charge in [-0.2, -0.15) is 0 Å². The van der Waals surface area contributed by atoms with Crippen molar-refractivity contribution in [3.05, 3.63) is 0 Å². The minimum absolute atomic E-state index is 0.0732. The Kier molecular flexibility index (Phi) is 6.78. The van der Waals surface area contributed by atoms with Crippen LogP contribution >= 0.6 is 11.6 Å². The van der Waals surface area contributed by atoms with E-state index in [0.29, 0.717) is 4.65 Å². The predicted octanol–water partition coefficient (Wildman–Crippen LogP) is 3.57. The van der Waals surface area contributed by atoms with Gasteiger partial charge in [-0.25, -0.2) is 0 Å². The van der Waals surface area contributed by atoms with Crippen molar-refractivity contribution in [2.75, 3.05) is 19.1 Å². The van der Waals surface area contributed by atoms with Gasteiger partial charge in [0.05, 0.1) is 0 Å². The molecule has 0 aromatic heterocycles. The standard InChI is InChI=1S/C11H24BClGeO2/c1-14(2,3)11(7-4-5-8-13)12-15-9-6-10-16-12/h11H,4-10H2,1-3H3. The Morgan fingerprint density at radius 2 is 1.81 bits per heavy atom. The van der Waals surface area contributed by atoms with Crippen LogP contribution in [0.1, 0.15) is 25.7 Å². The summed E-state index contributed by atoms with van der Waals surface area (Å²) in [5.74, 6) is 8.13. The van der Waals surface area contributed by atoms with Gasteiger partial charge in [-0.05, 0) is 0 Å². The first-order valence-corrected chi connectivity index (χ1v) is 14.4. The third kappa shape index (κ3) is 4.99. The van der Waals surface area contributed by atoms with Gasteiger partial charge in [0.2, 0.25) is 0 Å². The molecular weight excluding hydrogens is 283 g/mol. The van der Waals surface area contributed by atoms with Gasteiger partial charge in [-0.15, -0.1) is 0 Å². The van der Waals surface area contributed by atoms with E-state index in [9.17, 15) is 0 Å². The van der Waals surface area contributed by atoms with E-state index in [2.05, 4.69) is 17.3 Å². The van der Waals surface area contributed by atoms with E-state index >= 15 is 0 Å². The average molecular weight is 307 g/mol. The third-order valence-electron chi connectivity index (χ3n) is 3.19. The van der Waals surface area contributed by atoms with Gasteiger partial charge in [0, 0.05) is 0 Å². The number of halogens is 1. The van der Waals surface area contributed by atoms with Gasteiger partial charge >= 0.3 is 108 Å². The molecule has 0 N–H and O–H groups in total. The SMILES string of the molecule is [CH3][Ge]([CH3])([CH3])[CH](CCCCCl)B1OCCCO1. The van der Waals surface area contributed by atoms with Crippen molar-refractivity contribution in [3.63, 3.8) is 0 Å². The van der Waals surface area contributed by atoms with E-state index in [1.54, 1.807) is 0 Å². The van der Waals surface area contributed by atoms with Gasteiger partial charge in [0.25, 0.3) is 0 Å². The Morgan fingerprint density at radius 3 is 2.31 bits per heavy atom. The molecular formula is C11H24BClGeO2. The Balaban J connectivity index is 2.48. The van der Waals surface area contributed by atoms with Crippen LogP contribution in [0.25, 0.3) is 0 Å². The summed E-state index contributed by atoms with van der Waals surface area (Å²) < 4.78 is 12.2. The maximum absolute atomic E-state index is 5.79. The molecule has 1 saturated heterocycles. The quantitative estimate of drug-likeness (QED) is 0.424. The first-order chi connectivity index (χ1) is 7.55. The fraction of sp³-hybridized carbons (Fsp3) is 1.00. The van der Waals surface area contributed by atoms with E-state index in [1.807, 2.05) is 0 Å². The topological polar surface area (TPSA) is 18.5 Å².